The van der Waals surface area contributed by atoms with Crippen molar-refractivity contribution < 1.29 is 8.78 Å². The van der Waals surface area contributed by atoms with Gasteiger partial charge in [-0.15, -0.1) is 0 Å². The Bertz CT molecular complexity index is 334. The lowest BCUT2D eigenvalue weighted by atomic mass is 10.1. The van der Waals surface area contributed by atoms with Crippen molar-refractivity contribution in [2.45, 2.75) is 25.4 Å². The number of piperidine rings is 1. The van der Waals surface area contributed by atoms with Gasteiger partial charge < -0.3 is 4.90 Å². The Kier molecular flexibility index (Phi) is 3.88. The largest absolute Gasteiger partial charge is 0.300 e. The maximum atomic E-state index is 13.9. The summed E-state index contributed by atoms with van der Waals surface area (Å²) in [6.45, 7) is 2.20. The van der Waals surface area contributed by atoms with Gasteiger partial charge in [0.25, 0.3) is 0 Å². The second-order valence-corrected chi connectivity index (χ2v) is 4.35. The zero-order valence-electron chi connectivity index (χ0n) is 9.33. The molecule has 0 saturated carbocycles. The van der Waals surface area contributed by atoms with Crippen molar-refractivity contribution >= 4 is 0 Å². The molecule has 1 saturated heterocycles. The molecule has 1 aromatic rings. The van der Waals surface area contributed by atoms with Crippen LogP contribution in [0.25, 0.3) is 0 Å². The fourth-order valence-corrected chi connectivity index (χ4v) is 2.20. The summed E-state index contributed by atoms with van der Waals surface area (Å²) in [6, 6.07) is 6.12. The van der Waals surface area contributed by atoms with Crippen LogP contribution < -0.4 is 0 Å². The summed E-state index contributed by atoms with van der Waals surface area (Å²) >= 11 is 0. The van der Waals surface area contributed by atoms with Crippen molar-refractivity contribution in [3.8, 4) is 0 Å². The number of alkyl halides is 1. The molecule has 0 radical (unpaired) electrons. The van der Waals surface area contributed by atoms with E-state index in [0.717, 1.165) is 25.9 Å². The number of hydrogen-bond acceptors (Lipinski definition) is 1. The van der Waals surface area contributed by atoms with Gasteiger partial charge in [-0.3, -0.25) is 0 Å². The monoisotopic (exact) mass is 225 g/mol. The van der Waals surface area contributed by atoms with E-state index < -0.39 is 12.0 Å². The van der Waals surface area contributed by atoms with Gasteiger partial charge in [0.1, 0.15) is 12.0 Å². The van der Waals surface area contributed by atoms with Crippen LogP contribution in [0.15, 0.2) is 24.3 Å². The Morgan fingerprint density at radius 3 is 2.50 bits per heavy atom. The first kappa shape index (κ1) is 11.5. The summed E-state index contributed by atoms with van der Waals surface area (Å²) in [5, 5.41) is 0. The van der Waals surface area contributed by atoms with E-state index in [1.807, 2.05) is 0 Å². The van der Waals surface area contributed by atoms with Crippen molar-refractivity contribution in [3.63, 3.8) is 0 Å². The summed E-state index contributed by atoms with van der Waals surface area (Å²) in [4.78, 5) is 2.08. The highest BCUT2D eigenvalue weighted by atomic mass is 19.1. The molecule has 16 heavy (non-hydrogen) atoms. The van der Waals surface area contributed by atoms with E-state index in [4.69, 9.17) is 0 Å². The third-order valence-electron chi connectivity index (χ3n) is 3.11. The Hall–Kier alpha value is -0.960. The van der Waals surface area contributed by atoms with Gasteiger partial charge >= 0.3 is 0 Å². The first-order chi connectivity index (χ1) is 7.77. The molecule has 0 aliphatic carbocycles. The first-order valence-electron chi connectivity index (χ1n) is 5.88. The van der Waals surface area contributed by atoms with Crippen LogP contribution in [0.5, 0.6) is 0 Å². The Balaban J connectivity index is 1.96. The fraction of sp³-hybridized carbons (Fsp3) is 0.538. The van der Waals surface area contributed by atoms with Crippen LogP contribution >= 0.6 is 0 Å². The summed E-state index contributed by atoms with van der Waals surface area (Å²) in [7, 11) is 0. The van der Waals surface area contributed by atoms with Crippen molar-refractivity contribution in [3.05, 3.63) is 35.6 Å². The van der Waals surface area contributed by atoms with Gasteiger partial charge in [-0.2, -0.15) is 0 Å². The van der Waals surface area contributed by atoms with E-state index in [9.17, 15) is 8.78 Å². The molecule has 1 aliphatic heterocycles. The average molecular weight is 225 g/mol. The molecule has 1 unspecified atom stereocenters. The lowest BCUT2D eigenvalue weighted by molar-refractivity contribution is 0.165. The number of likely N-dealkylation sites (tertiary alicyclic amines) is 1. The maximum absolute atomic E-state index is 13.9. The predicted molar refractivity (Wildman–Crippen MR) is 60.5 cm³/mol. The zero-order chi connectivity index (χ0) is 11.4. The zero-order valence-corrected chi connectivity index (χ0v) is 9.33. The van der Waals surface area contributed by atoms with Crippen LogP contribution in [0, 0.1) is 5.82 Å². The minimum Gasteiger partial charge on any atom is -0.300 e. The van der Waals surface area contributed by atoms with Gasteiger partial charge in [0.05, 0.1) is 0 Å². The van der Waals surface area contributed by atoms with Crippen LogP contribution in [0.2, 0.25) is 0 Å². The summed E-state index contributed by atoms with van der Waals surface area (Å²) in [5.74, 6) is -0.438. The molecular formula is C13H17F2N. The number of nitrogens with zero attached hydrogens (tertiary/aromatic N) is 1. The van der Waals surface area contributed by atoms with Crippen LogP contribution in [-0.2, 0) is 0 Å². The molecule has 1 nitrogen and oxygen atoms in total. The third-order valence-corrected chi connectivity index (χ3v) is 3.11. The molecule has 1 atom stereocenters. The molecule has 0 amide bonds. The van der Waals surface area contributed by atoms with Gasteiger partial charge in [0, 0.05) is 12.1 Å². The SMILES string of the molecule is Fc1ccccc1C(F)CN1CCCCC1. The number of halogens is 2. The van der Waals surface area contributed by atoms with Gasteiger partial charge in [0.2, 0.25) is 0 Å². The van der Waals surface area contributed by atoms with Crippen molar-refractivity contribution in [1.82, 2.24) is 4.90 Å². The molecule has 1 fully saturated rings. The summed E-state index contributed by atoms with van der Waals surface area (Å²) < 4.78 is 27.2. The molecule has 0 N–H and O–H groups in total. The summed E-state index contributed by atoms with van der Waals surface area (Å²) in [6.07, 6.45) is 2.28. The molecular weight excluding hydrogens is 208 g/mol. The molecule has 1 aromatic carbocycles. The van der Waals surface area contributed by atoms with Crippen LogP contribution in [-0.4, -0.2) is 24.5 Å². The van der Waals surface area contributed by atoms with E-state index in [1.165, 1.54) is 18.6 Å². The lowest BCUT2D eigenvalue weighted by Crippen LogP contribution is -2.32. The van der Waals surface area contributed by atoms with Crippen molar-refractivity contribution in [2.24, 2.45) is 0 Å². The quantitative estimate of drug-likeness (QED) is 0.762. The number of hydrogen-bond donors (Lipinski definition) is 0. The summed E-state index contributed by atoms with van der Waals surface area (Å²) in [5.41, 5.74) is 0.188. The van der Waals surface area contributed by atoms with E-state index in [-0.39, 0.29) is 5.56 Å². The second-order valence-electron chi connectivity index (χ2n) is 4.35. The smallest absolute Gasteiger partial charge is 0.141 e. The molecule has 2 rings (SSSR count). The lowest BCUT2D eigenvalue weighted by Gasteiger charge is -2.27. The van der Waals surface area contributed by atoms with E-state index in [0.29, 0.717) is 6.54 Å². The molecule has 88 valence electrons. The Labute approximate surface area is 95.1 Å². The third kappa shape index (κ3) is 2.79. The number of benzene rings is 1. The number of rotatable bonds is 3. The minimum absolute atomic E-state index is 0.188. The van der Waals surface area contributed by atoms with Crippen LogP contribution in [0.4, 0.5) is 8.78 Å². The standard InChI is InChI=1S/C13H17F2N/c14-12-7-3-2-6-11(12)13(15)10-16-8-4-1-5-9-16/h2-3,6-7,13H,1,4-5,8-10H2. The predicted octanol–water partition coefficient (Wildman–Crippen LogP) is 3.32. The topological polar surface area (TPSA) is 3.24 Å². The average Bonchev–Trinajstić information content (AvgIpc) is 2.31. The minimum atomic E-state index is -1.21. The molecule has 0 spiro atoms. The Morgan fingerprint density at radius 1 is 1.12 bits per heavy atom. The van der Waals surface area contributed by atoms with Crippen LogP contribution in [0.1, 0.15) is 31.0 Å². The highest BCUT2D eigenvalue weighted by Crippen LogP contribution is 2.23. The van der Waals surface area contributed by atoms with Gasteiger partial charge in [-0.25, -0.2) is 8.78 Å². The fourth-order valence-electron chi connectivity index (χ4n) is 2.20. The van der Waals surface area contributed by atoms with Crippen molar-refractivity contribution in [1.29, 1.82) is 0 Å². The molecule has 0 aromatic heterocycles. The van der Waals surface area contributed by atoms with E-state index in [2.05, 4.69) is 4.90 Å². The maximum Gasteiger partial charge on any atom is 0.141 e. The van der Waals surface area contributed by atoms with Crippen LogP contribution in [0.3, 0.4) is 0 Å². The van der Waals surface area contributed by atoms with Gasteiger partial charge in [-0.05, 0) is 32.0 Å². The van der Waals surface area contributed by atoms with E-state index in [1.54, 1.807) is 12.1 Å². The highest BCUT2D eigenvalue weighted by Gasteiger charge is 2.19. The first-order valence-corrected chi connectivity index (χ1v) is 5.88. The second kappa shape index (κ2) is 5.39. The molecule has 1 aliphatic rings. The molecule has 0 bridgehead atoms. The molecule has 3 heteroatoms. The highest BCUT2D eigenvalue weighted by molar-refractivity contribution is 5.20. The van der Waals surface area contributed by atoms with E-state index >= 15 is 0 Å². The van der Waals surface area contributed by atoms with Gasteiger partial charge in [0.15, 0.2) is 0 Å². The molecule has 1 heterocycles. The normalized spacial score (nSPS) is 19.6. The Morgan fingerprint density at radius 2 is 1.81 bits per heavy atom. The van der Waals surface area contributed by atoms with Crippen molar-refractivity contribution in [2.75, 3.05) is 19.6 Å². The van der Waals surface area contributed by atoms with Gasteiger partial charge in [-0.1, -0.05) is 24.6 Å².